The molecule has 0 radical (unpaired) electrons. The molecule has 1 aromatic heterocycles. The van der Waals surface area contributed by atoms with Crippen LogP contribution in [0.4, 0.5) is 16.2 Å². The molecule has 3 rings (SSSR count). The second-order valence-electron chi connectivity index (χ2n) is 6.19. The highest BCUT2D eigenvalue weighted by Crippen LogP contribution is 2.31. The summed E-state index contributed by atoms with van der Waals surface area (Å²) < 4.78 is 4.60. The van der Waals surface area contributed by atoms with Crippen LogP contribution >= 0.6 is 0 Å². The predicted octanol–water partition coefficient (Wildman–Crippen LogP) is 1.70. The van der Waals surface area contributed by atoms with Crippen LogP contribution in [0.3, 0.4) is 0 Å². The van der Waals surface area contributed by atoms with Crippen molar-refractivity contribution >= 4 is 23.4 Å². The van der Waals surface area contributed by atoms with Crippen molar-refractivity contribution in [2.24, 2.45) is 11.5 Å². The fourth-order valence-corrected chi connectivity index (χ4v) is 2.84. The lowest BCUT2D eigenvalue weighted by Gasteiger charge is -2.17. The van der Waals surface area contributed by atoms with Crippen molar-refractivity contribution in [2.45, 2.75) is 31.3 Å². The number of carbonyl (C=O) groups excluding carboxylic acids is 2. The van der Waals surface area contributed by atoms with Gasteiger partial charge in [-0.1, -0.05) is 0 Å². The molecular formula is C17H22N6O3. The number of nitrogens with one attached hydrogen (secondary N) is 3. The van der Waals surface area contributed by atoms with Crippen LogP contribution < -0.4 is 22.1 Å². The Morgan fingerprint density at radius 2 is 2.08 bits per heavy atom. The van der Waals surface area contributed by atoms with Gasteiger partial charge >= 0.3 is 6.09 Å². The Bertz CT molecular complexity index is 819. The maximum absolute atomic E-state index is 12.4. The van der Waals surface area contributed by atoms with E-state index in [1.165, 1.54) is 7.11 Å². The number of hydrogen-bond acceptors (Lipinski definition) is 6. The van der Waals surface area contributed by atoms with Gasteiger partial charge < -0.3 is 26.5 Å². The number of hydrogen-bond donors (Lipinski definition) is 5. The predicted molar refractivity (Wildman–Crippen MR) is 97.4 cm³/mol. The van der Waals surface area contributed by atoms with Gasteiger partial charge in [-0.2, -0.15) is 0 Å². The molecule has 2 bridgehead atoms. The molecule has 0 spiro atoms. The van der Waals surface area contributed by atoms with E-state index >= 15 is 0 Å². The molecule has 138 valence electrons. The summed E-state index contributed by atoms with van der Waals surface area (Å²) in [6, 6.07) is 4.22. The number of carbonyl (C=O) groups is 2. The summed E-state index contributed by atoms with van der Waals surface area (Å²) in [6.45, 7) is 0. The third-order valence-corrected chi connectivity index (χ3v) is 4.31. The van der Waals surface area contributed by atoms with E-state index in [0.717, 1.165) is 0 Å². The van der Waals surface area contributed by atoms with Gasteiger partial charge in [0.1, 0.15) is 5.82 Å². The van der Waals surface area contributed by atoms with E-state index in [0.29, 0.717) is 47.7 Å². The molecule has 0 unspecified atom stereocenters. The van der Waals surface area contributed by atoms with Crippen LogP contribution in [0.2, 0.25) is 0 Å². The third kappa shape index (κ3) is 3.84. The molecule has 1 aliphatic heterocycles. The van der Waals surface area contributed by atoms with Crippen LogP contribution in [0.5, 0.6) is 0 Å². The largest absolute Gasteiger partial charge is 0.453 e. The number of H-pyrrole nitrogens is 1. The van der Waals surface area contributed by atoms with E-state index in [-0.39, 0.29) is 11.9 Å². The van der Waals surface area contributed by atoms with Crippen molar-refractivity contribution in [3.63, 3.8) is 0 Å². The molecule has 2 heterocycles. The standard InChI is InChI=1S/C17H22N6O3/c1-26-17(25)21-9-5-6-10-13(7-9)23-16(24)12(19)4-2-3-11(18)15-20-8-14(10)22-15/h5-8,11-12H,2-4,18-19H2,1H3,(H,20,22)(H,21,25)(H,23,24)/t11-,12+/m0/s1. The van der Waals surface area contributed by atoms with Gasteiger partial charge in [0.05, 0.1) is 36.8 Å². The third-order valence-electron chi connectivity index (χ3n) is 4.31. The molecular weight excluding hydrogens is 336 g/mol. The number of benzene rings is 1. The summed E-state index contributed by atoms with van der Waals surface area (Å²) in [7, 11) is 1.28. The molecule has 2 aromatic rings. The molecule has 7 N–H and O–H groups in total. The molecule has 0 saturated heterocycles. The zero-order valence-corrected chi connectivity index (χ0v) is 14.4. The van der Waals surface area contributed by atoms with Crippen LogP contribution in [0, 0.1) is 0 Å². The molecule has 1 aromatic carbocycles. The van der Waals surface area contributed by atoms with Gasteiger partial charge in [-0.3, -0.25) is 10.1 Å². The van der Waals surface area contributed by atoms with E-state index < -0.39 is 12.1 Å². The van der Waals surface area contributed by atoms with Gasteiger partial charge in [-0.25, -0.2) is 9.78 Å². The Hall–Kier alpha value is -2.91. The van der Waals surface area contributed by atoms with Gasteiger partial charge in [0.2, 0.25) is 5.91 Å². The number of rotatable bonds is 1. The number of amides is 2. The van der Waals surface area contributed by atoms with Crippen molar-refractivity contribution in [2.75, 3.05) is 17.7 Å². The topological polar surface area (TPSA) is 148 Å². The highest BCUT2D eigenvalue weighted by atomic mass is 16.5. The molecule has 26 heavy (non-hydrogen) atoms. The van der Waals surface area contributed by atoms with E-state index in [4.69, 9.17) is 11.5 Å². The fourth-order valence-electron chi connectivity index (χ4n) is 2.84. The van der Waals surface area contributed by atoms with Crippen LogP contribution in [0.25, 0.3) is 11.3 Å². The van der Waals surface area contributed by atoms with Crippen LogP contribution in [-0.4, -0.2) is 35.1 Å². The molecule has 2 amide bonds. The van der Waals surface area contributed by atoms with Crippen LogP contribution in [0.15, 0.2) is 24.4 Å². The SMILES string of the molecule is COC(=O)Nc1ccc2c(c1)NC(=O)[C@H](N)CCC[C@H](N)c1ncc-2[nH]1. The van der Waals surface area contributed by atoms with E-state index in [1.807, 2.05) is 0 Å². The summed E-state index contributed by atoms with van der Waals surface area (Å²) in [6.07, 6.45) is 2.98. The Morgan fingerprint density at radius 1 is 1.31 bits per heavy atom. The minimum absolute atomic E-state index is 0.248. The van der Waals surface area contributed by atoms with Crippen molar-refractivity contribution in [3.8, 4) is 11.3 Å². The lowest BCUT2D eigenvalue weighted by Crippen LogP contribution is -2.36. The van der Waals surface area contributed by atoms with Crippen molar-refractivity contribution < 1.29 is 14.3 Å². The first kappa shape index (κ1) is 17.9. The average molecular weight is 358 g/mol. The lowest BCUT2D eigenvalue weighted by molar-refractivity contribution is -0.117. The van der Waals surface area contributed by atoms with E-state index in [1.54, 1.807) is 24.4 Å². The monoisotopic (exact) mass is 358 g/mol. The quantitative estimate of drug-likeness (QED) is 0.524. The van der Waals surface area contributed by atoms with Crippen molar-refractivity contribution in [1.29, 1.82) is 0 Å². The number of fused-ring (bicyclic) bond motifs is 4. The van der Waals surface area contributed by atoms with Gasteiger partial charge in [0.25, 0.3) is 0 Å². The summed E-state index contributed by atoms with van der Waals surface area (Å²) in [5, 5.41) is 5.41. The molecule has 2 atom stereocenters. The second kappa shape index (κ2) is 7.54. The summed E-state index contributed by atoms with van der Waals surface area (Å²) in [5.41, 5.74) is 14.6. The maximum atomic E-state index is 12.4. The molecule has 0 saturated carbocycles. The highest BCUT2D eigenvalue weighted by molar-refractivity contribution is 5.99. The molecule has 0 fully saturated rings. The second-order valence-corrected chi connectivity index (χ2v) is 6.19. The first-order valence-electron chi connectivity index (χ1n) is 8.34. The number of aromatic amines is 1. The number of methoxy groups -OCH3 is 1. The first-order valence-corrected chi connectivity index (χ1v) is 8.34. The zero-order chi connectivity index (χ0) is 18.7. The Balaban J connectivity index is 2.03. The zero-order valence-electron chi connectivity index (χ0n) is 14.4. The van der Waals surface area contributed by atoms with Crippen LogP contribution in [0.1, 0.15) is 31.1 Å². The summed E-state index contributed by atoms with van der Waals surface area (Å²) >= 11 is 0. The number of ether oxygens (including phenoxy) is 1. The summed E-state index contributed by atoms with van der Waals surface area (Å²) in [5.74, 6) is 0.388. The normalized spacial score (nSPS) is 20.2. The number of anilines is 2. The Morgan fingerprint density at radius 3 is 2.85 bits per heavy atom. The first-order chi connectivity index (χ1) is 12.5. The number of nitrogens with zero attached hydrogens (tertiary/aromatic N) is 1. The fraction of sp³-hybridized carbons (Fsp3) is 0.353. The van der Waals surface area contributed by atoms with Crippen molar-refractivity contribution in [3.05, 3.63) is 30.2 Å². The van der Waals surface area contributed by atoms with Crippen LogP contribution in [-0.2, 0) is 9.53 Å². The van der Waals surface area contributed by atoms with E-state index in [2.05, 4.69) is 25.3 Å². The molecule has 9 nitrogen and oxygen atoms in total. The lowest BCUT2D eigenvalue weighted by atomic mass is 10.0. The Kier molecular flexibility index (Phi) is 5.19. The summed E-state index contributed by atoms with van der Waals surface area (Å²) in [4.78, 5) is 31.4. The number of imidazole rings is 1. The number of nitrogens with two attached hydrogens (primary N) is 2. The molecule has 9 heteroatoms. The maximum Gasteiger partial charge on any atom is 0.411 e. The van der Waals surface area contributed by atoms with Crippen molar-refractivity contribution in [1.82, 2.24) is 9.97 Å². The van der Waals surface area contributed by atoms with Gasteiger partial charge in [0.15, 0.2) is 0 Å². The average Bonchev–Trinajstić information content (AvgIpc) is 3.10. The number of aromatic nitrogens is 2. The van der Waals surface area contributed by atoms with Gasteiger partial charge in [-0.15, -0.1) is 0 Å². The smallest absolute Gasteiger partial charge is 0.411 e. The highest BCUT2D eigenvalue weighted by Gasteiger charge is 2.20. The van der Waals surface area contributed by atoms with E-state index in [9.17, 15) is 9.59 Å². The van der Waals surface area contributed by atoms with Gasteiger partial charge in [-0.05, 0) is 37.5 Å². The Labute approximate surface area is 150 Å². The molecule has 0 aliphatic carbocycles. The molecule has 1 aliphatic rings. The van der Waals surface area contributed by atoms with Gasteiger partial charge in [0, 0.05) is 11.3 Å². The minimum atomic E-state index is -0.645. The minimum Gasteiger partial charge on any atom is -0.453 e.